The predicted octanol–water partition coefficient (Wildman–Crippen LogP) is 2.27. The Kier molecular flexibility index (Phi) is 6.46. The Balaban J connectivity index is 1.66. The van der Waals surface area contributed by atoms with Gasteiger partial charge in [-0.3, -0.25) is 0 Å². The molecule has 2 aliphatic rings. The third kappa shape index (κ3) is 5.25. The molecule has 1 aliphatic heterocycles. The fourth-order valence-electron chi connectivity index (χ4n) is 3.32. The van der Waals surface area contributed by atoms with Crippen molar-refractivity contribution in [3.05, 3.63) is 0 Å². The second-order valence-corrected chi connectivity index (χ2v) is 6.13. The molecular formula is C15H30N2O. The molecule has 18 heavy (non-hydrogen) atoms. The van der Waals surface area contributed by atoms with Crippen LogP contribution >= 0.6 is 0 Å². The molecule has 2 rings (SSSR count). The van der Waals surface area contributed by atoms with Crippen molar-refractivity contribution in [2.24, 2.45) is 5.92 Å². The highest BCUT2D eigenvalue weighted by molar-refractivity contribution is 4.73. The van der Waals surface area contributed by atoms with E-state index in [1.807, 2.05) is 0 Å². The lowest BCUT2D eigenvalue weighted by Crippen LogP contribution is -2.45. The Morgan fingerprint density at radius 1 is 1.06 bits per heavy atom. The van der Waals surface area contributed by atoms with Gasteiger partial charge in [0.1, 0.15) is 0 Å². The number of likely N-dealkylation sites (N-methyl/N-ethyl adjacent to an activating group) is 1. The minimum atomic E-state index is 0.400. The summed E-state index contributed by atoms with van der Waals surface area (Å²) in [6, 6.07) is 0. The van der Waals surface area contributed by atoms with Gasteiger partial charge in [0.15, 0.2) is 0 Å². The SMILES string of the molecule is CN(CC1CCCCCCC1)CC1CNCCO1. The molecule has 1 unspecified atom stereocenters. The topological polar surface area (TPSA) is 24.5 Å². The van der Waals surface area contributed by atoms with Crippen LogP contribution in [-0.4, -0.2) is 50.8 Å². The van der Waals surface area contributed by atoms with Crippen molar-refractivity contribution < 1.29 is 4.74 Å². The molecule has 1 heterocycles. The first kappa shape index (κ1) is 14.3. The van der Waals surface area contributed by atoms with Crippen LogP contribution in [0.4, 0.5) is 0 Å². The van der Waals surface area contributed by atoms with Crippen LogP contribution in [0.1, 0.15) is 44.9 Å². The Morgan fingerprint density at radius 3 is 2.44 bits per heavy atom. The van der Waals surface area contributed by atoms with Gasteiger partial charge in [-0.05, 0) is 25.8 Å². The number of rotatable bonds is 4. The zero-order valence-corrected chi connectivity index (χ0v) is 12.0. The van der Waals surface area contributed by atoms with Crippen LogP contribution in [0, 0.1) is 5.92 Å². The Morgan fingerprint density at radius 2 is 1.78 bits per heavy atom. The molecule has 0 aromatic heterocycles. The summed E-state index contributed by atoms with van der Waals surface area (Å²) in [6.45, 7) is 5.27. The van der Waals surface area contributed by atoms with E-state index in [2.05, 4.69) is 17.3 Å². The highest BCUT2D eigenvalue weighted by atomic mass is 16.5. The molecule has 3 heteroatoms. The molecule has 1 aliphatic carbocycles. The second-order valence-electron chi connectivity index (χ2n) is 6.13. The van der Waals surface area contributed by atoms with Gasteiger partial charge in [-0.25, -0.2) is 0 Å². The van der Waals surface area contributed by atoms with Gasteiger partial charge in [0.25, 0.3) is 0 Å². The van der Waals surface area contributed by atoms with Gasteiger partial charge < -0.3 is 15.0 Å². The van der Waals surface area contributed by atoms with Crippen LogP contribution < -0.4 is 5.32 Å². The van der Waals surface area contributed by atoms with Crippen molar-refractivity contribution >= 4 is 0 Å². The maximum absolute atomic E-state index is 5.78. The van der Waals surface area contributed by atoms with Gasteiger partial charge in [-0.2, -0.15) is 0 Å². The number of morpholine rings is 1. The van der Waals surface area contributed by atoms with Gasteiger partial charge in [-0.1, -0.05) is 32.1 Å². The van der Waals surface area contributed by atoms with Gasteiger partial charge in [0, 0.05) is 26.2 Å². The van der Waals surface area contributed by atoms with Crippen molar-refractivity contribution in [1.82, 2.24) is 10.2 Å². The van der Waals surface area contributed by atoms with Crippen LogP contribution in [0.15, 0.2) is 0 Å². The summed E-state index contributed by atoms with van der Waals surface area (Å²) in [5.41, 5.74) is 0. The zero-order chi connectivity index (χ0) is 12.6. The van der Waals surface area contributed by atoms with E-state index < -0.39 is 0 Å². The van der Waals surface area contributed by atoms with E-state index in [0.29, 0.717) is 6.10 Å². The van der Waals surface area contributed by atoms with Crippen LogP contribution in [-0.2, 0) is 4.74 Å². The summed E-state index contributed by atoms with van der Waals surface area (Å²) in [6.07, 6.45) is 10.5. The lowest BCUT2D eigenvalue weighted by molar-refractivity contribution is 0.00726. The van der Waals surface area contributed by atoms with Crippen molar-refractivity contribution in [3.63, 3.8) is 0 Å². The second kappa shape index (κ2) is 8.13. The lowest BCUT2D eigenvalue weighted by Gasteiger charge is -2.30. The Labute approximate surface area is 112 Å². The monoisotopic (exact) mass is 254 g/mol. The number of ether oxygens (including phenoxy) is 1. The molecule has 0 bridgehead atoms. The van der Waals surface area contributed by atoms with Gasteiger partial charge >= 0.3 is 0 Å². The van der Waals surface area contributed by atoms with E-state index in [1.165, 1.54) is 51.5 Å². The van der Waals surface area contributed by atoms with Crippen molar-refractivity contribution in [2.45, 2.75) is 51.0 Å². The van der Waals surface area contributed by atoms with E-state index in [-0.39, 0.29) is 0 Å². The lowest BCUT2D eigenvalue weighted by atomic mass is 9.91. The Bertz CT molecular complexity index is 209. The van der Waals surface area contributed by atoms with Crippen LogP contribution in [0.25, 0.3) is 0 Å². The molecule has 1 saturated carbocycles. The number of nitrogens with zero attached hydrogens (tertiary/aromatic N) is 1. The predicted molar refractivity (Wildman–Crippen MR) is 75.9 cm³/mol. The Hall–Kier alpha value is -0.120. The number of hydrogen-bond donors (Lipinski definition) is 1. The molecule has 0 radical (unpaired) electrons. The molecular weight excluding hydrogens is 224 g/mol. The van der Waals surface area contributed by atoms with Crippen molar-refractivity contribution in [3.8, 4) is 0 Å². The molecule has 0 spiro atoms. The van der Waals surface area contributed by atoms with Crippen LogP contribution in [0.5, 0.6) is 0 Å². The van der Waals surface area contributed by atoms with E-state index in [1.54, 1.807) is 0 Å². The van der Waals surface area contributed by atoms with Gasteiger partial charge in [0.2, 0.25) is 0 Å². The summed E-state index contributed by atoms with van der Waals surface area (Å²) >= 11 is 0. The quantitative estimate of drug-likeness (QED) is 0.833. The van der Waals surface area contributed by atoms with Gasteiger partial charge in [0.05, 0.1) is 12.7 Å². The molecule has 0 aromatic rings. The average molecular weight is 254 g/mol. The van der Waals surface area contributed by atoms with Crippen LogP contribution in [0.2, 0.25) is 0 Å². The van der Waals surface area contributed by atoms with E-state index in [9.17, 15) is 0 Å². The normalized spacial score (nSPS) is 28.0. The largest absolute Gasteiger partial charge is 0.374 e. The van der Waals surface area contributed by atoms with Crippen molar-refractivity contribution in [2.75, 3.05) is 39.8 Å². The minimum absolute atomic E-state index is 0.400. The van der Waals surface area contributed by atoms with Crippen molar-refractivity contribution in [1.29, 1.82) is 0 Å². The summed E-state index contributed by atoms with van der Waals surface area (Å²) in [7, 11) is 2.26. The molecule has 0 aromatic carbocycles. The van der Waals surface area contributed by atoms with E-state index in [4.69, 9.17) is 4.74 Å². The molecule has 1 saturated heterocycles. The maximum atomic E-state index is 5.78. The first-order valence-electron chi connectivity index (χ1n) is 7.85. The maximum Gasteiger partial charge on any atom is 0.0826 e. The first-order chi connectivity index (χ1) is 8.84. The molecule has 106 valence electrons. The average Bonchev–Trinajstić information content (AvgIpc) is 2.34. The minimum Gasteiger partial charge on any atom is -0.374 e. The summed E-state index contributed by atoms with van der Waals surface area (Å²) < 4.78 is 5.78. The smallest absolute Gasteiger partial charge is 0.0826 e. The third-order valence-electron chi connectivity index (χ3n) is 4.31. The molecule has 0 amide bonds. The number of hydrogen-bond acceptors (Lipinski definition) is 3. The standard InChI is InChI=1S/C15H30N2O/c1-17(13-15-11-16-9-10-18-15)12-14-7-5-3-2-4-6-8-14/h14-16H,2-13H2,1H3. The van der Waals surface area contributed by atoms with E-state index >= 15 is 0 Å². The molecule has 2 fully saturated rings. The fourth-order valence-corrected chi connectivity index (χ4v) is 3.32. The highest BCUT2D eigenvalue weighted by Crippen LogP contribution is 2.22. The summed E-state index contributed by atoms with van der Waals surface area (Å²) in [4.78, 5) is 2.49. The third-order valence-corrected chi connectivity index (χ3v) is 4.31. The zero-order valence-electron chi connectivity index (χ0n) is 12.0. The van der Waals surface area contributed by atoms with Crippen LogP contribution in [0.3, 0.4) is 0 Å². The fraction of sp³-hybridized carbons (Fsp3) is 1.00. The summed E-state index contributed by atoms with van der Waals surface area (Å²) in [5.74, 6) is 0.923. The molecule has 3 nitrogen and oxygen atoms in total. The van der Waals surface area contributed by atoms with Gasteiger partial charge in [-0.15, -0.1) is 0 Å². The molecule has 1 N–H and O–H groups in total. The highest BCUT2D eigenvalue weighted by Gasteiger charge is 2.18. The van der Waals surface area contributed by atoms with E-state index in [0.717, 1.165) is 32.2 Å². The molecule has 1 atom stereocenters. The summed E-state index contributed by atoms with van der Waals surface area (Å²) in [5, 5.41) is 3.41. The first-order valence-corrected chi connectivity index (χ1v) is 7.85. The number of nitrogens with one attached hydrogen (secondary N) is 1.